The average molecular weight is 342 g/mol. The zero-order chi connectivity index (χ0) is 17.4. The monoisotopic (exact) mass is 342 g/mol. The Bertz CT molecular complexity index is 742. The van der Waals surface area contributed by atoms with E-state index in [1.807, 2.05) is 30.3 Å². The molecule has 0 amide bonds. The first-order valence-electron chi connectivity index (χ1n) is 7.55. The Morgan fingerprint density at radius 2 is 2.08 bits per heavy atom. The number of benzene rings is 1. The van der Waals surface area contributed by atoms with Crippen LogP contribution in [0.1, 0.15) is 28.5 Å². The normalized spacial score (nSPS) is 10.0. The molecule has 1 aromatic carbocycles. The molecule has 0 aliphatic carbocycles. The van der Waals surface area contributed by atoms with E-state index in [1.165, 1.54) is 11.8 Å². The summed E-state index contributed by atoms with van der Waals surface area (Å²) in [6.07, 6.45) is 0. The van der Waals surface area contributed by atoms with Gasteiger partial charge in [-0.25, -0.2) is 9.78 Å². The summed E-state index contributed by atoms with van der Waals surface area (Å²) >= 11 is 1.43. The van der Waals surface area contributed by atoms with Gasteiger partial charge in [0.2, 0.25) is 0 Å². The fourth-order valence-electron chi connectivity index (χ4n) is 2.00. The van der Waals surface area contributed by atoms with E-state index in [9.17, 15) is 10.1 Å². The number of carbonyl (C=O) groups excluding carboxylic acids is 1. The molecule has 6 heteroatoms. The second-order valence-electron chi connectivity index (χ2n) is 4.82. The van der Waals surface area contributed by atoms with Crippen molar-refractivity contribution in [3.63, 3.8) is 0 Å². The minimum absolute atomic E-state index is 0.285. The van der Waals surface area contributed by atoms with Crippen LogP contribution in [0.2, 0.25) is 0 Å². The van der Waals surface area contributed by atoms with E-state index in [1.54, 1.807) is 19.9 Å². The van der Waals surface area contributed by atoms with Crippen molar-refractivity contribution in [3.8, 4) is 11.8 Å². The quantitative estimate of drug-likeness (QED) is 0.435. The van der Waals surface area contributed by atoms with E-state index in [0.29, 0.717) is 34.2 Å². The van der Waals surface area contributed by atoms with Crippen molar-refractivity contribution in [1.29, 1.82) is 5.26 Å². The summed E-state index contributed by atoms with van der Waals surface area (Å²) < 4.78 is 10.6. The first kappa shape index (κ1) is 17.8. The first-order chi connectivity index (χ1) is 11.7. The lowest BCUT2D eigenvalue weighted by Crippen LogP contribution is -2.09. The van der Waals surface area contributed by atoms with Crippen LogP contribution in [0.4, 0.5) is 0 Å². The SMILES string of the molecule is CCOC(=O)c1cc(C#N)c(SCCOc2ccccc2)nc1C. The zero-order valence-electron chi connectivity index (χ0n) is 13.6. The van der Waals surface area contributed by atoms with E-state index in [4.69, 9.17) is 9.47 Å². The zero-order valence-corrected chi connectivity index (χ0v) is 14.4. The predicted molar refractivity (Wildman–Crippen MR) is 92.3 cm³/mol. The number of nitrogens with zero attached hydrogens (tertiary/aromatic N) is 2. The van der Waals surface area contributed by atoms with Crippen LogP contribution in [0.3, 0.4) is 0 Å². The molecule has 0 spiro atoms. The summed E-state index contributed by atoms with van der Waals surface area (Å²) in [6.45, 7) is 4.26. The Hall–Kier alpha value is -2.52. The van der Waals surface area contributed by atoms with Crippen molar-refractivity contribution < 1.29 is 14.3 Å². The highest BCUT2D eigenvalue weighted by Gasteiger charge is 2.16. The van der Waals surface area contributed by atoms with Crippen molar-refractivity contribution in [2.24, 2.45) is 0 Å². The van der Waals surface area contributed by atoms with Gasteiger partial charge in [-0.1, -0.05) is 18.2 Å². The van der Waals surface area contributed by atoms with Gasteiger partial charge >= 0.3 is 5.97 Å². The molecule has 0 saturated carbocycles. The second kappa shape index (κ2) is 8.94. The third-order valence-electron chi connectivity index (χ3n) is 3.13. The molecule has 1 aromatic heterocycles. The summed E-state index contributed by atoms with van der Waals surface area (Å²) in [5.74, 6) is 0.998. The van der Waals surface area contributed by atoms with Crippen LogP contribution < -0.4 is 4.74 Å². The summed E-state index contributed by atoms with van der Waals surface area (Å²) in [6, 6.07) is 13.2. The number of pyridine rings is 1. The molecule has 0 aliphatic rings. The summed E-state index contributed by atoms with van der Waals surface area (Å²) in [5.41, 5.74) is 1.26. The van der Waals surface area contributed by atoms with E-state index in [-0.39, 0.29) is 6.61 Å². The number of nitriles is 1. The van der Waals surface area contributed by atoms with Crippen LogP contribution in [0, 0.1) is 18.3 Å². The highest BCUT2D eigenvalue weighted by atomic mass is 32.2. The second-order valence-corrected chi connectivity index (χ2v) is 5.90. The molecule has 0 radical (unpaired) electrons. The smallest absolute Gasteiger partial charge is 0.340 e. The molecule has 2 aromatic rings. The van der Waals surface area contributed by atoms with Crippen LogP contribution in [0.15, 0.2) is 41.4 Å². The molecule has 0 aliphatic heterocycles. The largest absolute Gasteiger partial charge is 0.493 e. The fourth-order valence-corrected chi connectivity index (χ4v) is 2.83. The summed E-state index contributed by atoms with van der Waals surface area (Å²) in [7, 11) is 0. The lowest BCUT2D eigenvalue weighted by atomic mass is 10.1. The summed E-state index contributed by atoms with van der Waals surface area (Å²) in [5, 5.41) is 9.89. The number of hydrogen-bond acceptors (Lipinski definition) is 6. The maximum Gasteiger partial charge on any atom is 0.340 e. The number of carbonyl (C=O) groups is 1. The van der Waals surface area contributed by atoms with Gasteiger partial charge in [-0.2, -0.15) is 5.26 Å². The molecule has 0 atom stereocenters. The third kappa shape index (κ3) is 4.74. The van der Waals surface area contributed by atoms with Gasteiger partial charge in [0, 0.05) is 5.75 Å². The third-order valence-corrected chi connectivity index (χ3v) is 4.08. The molecule has 0 N–H and O–H groups in total. The highest BCUT2D eigenvalue weighted by Crippen LogP contribution is 2.23. The van der Waals surface area contributed by atoms with E-state index >= 15 is 0 Å². The minimum atomic E-state index is -0.456. The number of hydrogen-bond donors (Lipinski definition) is 0. The molecule has 1 heterocycles. The number of aryl methyl sites for hydroxylation is 1. The summed E-state index contributed by atoms with van der Waals surface area (Å²) in [4.78, 5) is 16.2. The predicted octanol–water partition coefficient (Wildman–Crippen LogP) is 3.61. The van der Waals surface area contributed by atoms with E-state index in [2.05, 4.69) is 11.1 Å². The van der Waals surface area contributed by atoms with Crippen LogP contribution in [-0.2, 0) is 4.74 Å². The number of para-hydroxylation sites is 1. The fraction of sp³-hybridized carbons (Fsp3) is 0.278. The number of ether oxygens (including phenoxy) is 2. The Kier molecular flexibility index (Phi) is 6.64. The Morgan fingerprint density at radius 1 is 1.33 bits per heavy atom. The Labute approximate surface area is 145 Å². The van der Waals surface area contributed by atoms with Gasteiger partial charge in [0.05, 0.1) is 30.0 Å². The molecule has 2 rings (SSSR count). The molecular formula is C18H18N2O3S. The highest BCUT2D eigenvalue weighted by molar-refractivity contribution is 7.99. The molecule has 0 unspecified atom stereocenters. The number of rotatable bonds is 7. The minimum Gasteiger partial charge on any atom is -0.493 e. The molecule has 124 valence electrons. The number of esters is 1. The van der Waals surface area contributed by atoms with Gasteiger partial charge < -0.3 is 9.47 Å². The first-order valence-corrected chi connectivity index (χ1v) is 8.53. The number of thioether (sulfide) groups is 1. The van der Waals surface area contributed by atoms with Crippen LogP contribution in [0.5, 0.6) is 5.75 Å². The molecular weight excluding hydrogens is 324 g/mol. The Morgan fingerprint density at radius 3 is 2.75 bits per heavy atom. The lowest BCUT2D eigenvalue weighted by molar-refractivity contribution is 0.0524. The van der Waals surface area contributed by atoms with Crippen LogP contribution in [0.25, 0.3) is 0 Å². The molecule has 0 saturated heterocycles. The van der Waals surface area contributed by atoms with Gasteiger partial charge in [0.25, 0.3) is 0 Å². The molecule has 0 bridgehead atoms. The van der Waals surface area contributed by atoms with Crippen molar-refractivity contribution in [3.05, 3.63) is 53.2 Å². The Balaban J connectivity index is 2.01. The van der Waals surface area contributed by atoms with Crippen molar-refractivity contribution in [2.75, 3.05) is 19.0 Å². The molecule has 24 heavy (non-hydrogen) atoms. The van der Waals surface area contributed by atoms with E-state index in [0.717, 1.165) is 5.75 Å². The van der Waals surface area contributed by atoms with Gasteiger partial charge in [0.1, 0.15) is 16.8 Å². The van der Waals surface area contributed by atoms with Gasteiger partial charge in [-0.3, -0.25) is 0 Å². The molecule has 0 fully saturated rings. The van der Waals surface area contributed by atoms with Crippen molar-refractivity contribution >= 4 is 17.7 Å². The van der Waals surface area contributed by atoms with Crippen molar-refractivity contribution in [2.45, 2.75) is 18.9 Å². The maximum absolute atomic E-state index is 11.9. The standard InChI is InChI=1S/C18H18N2O3S/c1-3-22-18(21)16-11-14(12-19)17(20-13(16)2)24-10-9-23-15-7-5-4-6-8-15/h4-8,11H,3,9-10H2,1-2H3. The van der Waals surface area contributed by atoms with Crippen LogP contribution in [-0.4, -0.2) is 29.9 Å². The lowest BCUT2D eigenvalue weighted by Gasteiger charge is -2.09. The van der Waals surface area contributed by atoms with Gasteiger partial charge in [-0.05, 0) is 32.0 Å². The maximum atomic E-state index is 11.9. The van der Waals surface area contributed by atoms with Gasteiger partial charge in [-0.15, -0.1) is 11.8 Å². The van der Waals surface area contributed by atoms with Crippen molar-refractivity contribution in [1.82, 2.24) is 4.98 Å². The van der Waals surface area contributed by atoms with Gasteiger partial charge in [0.15, 0.2) is 0 Å². The van der Waals surface area contributed by atoms with E-state index < -0.39 is 5.97 Å². The molecule has 5 nitrogen and oxygen atoms in total. The van der Waals surface area contributed by atoms with Crippen LogP contribution >= 0.6 is 11.8 Å². The topological polar surface area (TPSA) is 72.2 Å². The number of aromatic nitrogens is 1. The average Bonchev–Trinajstić information content (AvgIpc) is 2.60.